The molecule has 7 nitrogen and oxygen atoms in total. The van der Waals surface area contributed by atoms with Gasteiger partial charge < -0.3 is 14.8 Å². The van der Waals surface area contributed by atoms with Gasteiger partial charge in [0.25, 0.3) is 0 Å². The Balaban J connectivity index is 2.31. The van der Waals surface area contributed by atoms with E-state index >= 15 is 0 Å². The monoisotopic (exact) mass is 448 g/mol. The summed E-state index contributed by atoms with van der Waals surface area (Å²) in [6, 6.07) is 13.4. The van der Waals surface area contributed by atoms with E-state index in [4.69, 9.17) is 9.47 Å². The topological polar surface area (TPSA) is 93.7 Å². The Labute approximate surface area is 185 Å². The molecule has 0 bridgehead atoms. The summed E-state index contributed by atoms with van der Waals surface area (Å²) in [5.41, 5.74) is 1.72. The summed E-state index contributed by atoms with van der Waals surface area (Å²) in [6.07, 6.45) is 0.861. The van der Waals surface area contributed by atoms with Gasteiger partial charge in [-0.3, -0.25) is 4.79 Å². The van der Waals surface area contributed by atoms with Crippen LogP contribution in [0.4, 0.5) is 0 Å². The van der Waals surface area contributed by atoms with Gasteiger partial charge >= 0.3 is 0 Å². The van der Waals surface area contributed by atoms with E-state index in [0.29, 0.717) is 19.6 Å². The van der Waals surface area contributed by atoms with Crippen molar-refractivity contribution >= 4 is 15.9 Å². The van der Waals surface area contributed by atoms with E-state index < -0.39 is 16.1 Å². The second-order valence-electron chi connectivity index (χ2n) is 7.57. The summed E-state index contributed by atoms with van der Waals surface area (Å²) in [4.78, 5) is 12.9. The zero-order valence-electron chi connectivity index (χ0n) is 18.6. The van der Waals surface area contributed by atoms with Crippen molar-refractivity contribution in [1.29, 1.82) is 0 Å². The average Bonchev–Trinajstić information content (AvgIpc) is 2.76. The van der Waals surface area contributed by atoms with Crippen molar-refractivity contribution in [2.45, 2.75) is 43.5 Å². The maximum atomic E-state index is 13.3. The number of rotatable bonds is 12. The molecule has 2 aromatic carbocycles. The zero-order valence-corrected chi connectivity index (χ0v) is 19.4. The smallest absolute Gasteiger partial charge is 0.245 e. The van der Waals surface area contributed by atoms with Crippen molar-refractivity contribution in [3.8, 4) is 5.75 Å². The van der Waals surface area contributed by atoms with E-state index in [1.54, 1.807) is 19.2 Å². The fourth-order valence-corrected chi connectivity index (χ4v) is 4.50. The van der Waals surface area contributed by atoms with Crippen LogP contribution in [0.5, 0.6) is 5.75 Å². The van der Waals surface area contributed by atoms with Gasteiger partial charge in [0, 0.05) is 20.3 Å². The summed E-state index contributed by atoms with van der Waals surface area (Å²) in [5.74, 6) is -0.0116. The number of ether oxygens (including phenoxy) is 2. The number of hydrogen-bond donors (Lipinski definition) is 2. The van der Waals surface area contributed by atoms with Crippen LogP contribution in [0.1, 0.15) is 37.3 Å². The molecular weight excluding hydrogens is 416 g/mol. The number of hydrogen-bond acceptors (Lipinski definition) is 5. The predicted molar refractivity (Wildman–Crippen MR) is 121 cm³/mol. The van der Waals surface area contributed by atoms with Gasteiger partial charge in [-0.1, -0.05) is 50.2 Å². The molecule has 0 aromatic heterocycles. The molecule has 31 heavy (non-hydrogen) atoms. The second-order valence-corrected chi connectivity index (χ2v) is 9.25. The van der Waals surface area contributed by atoms with Gasteiger partial charge in [-0.15, -0.1) is 0 Å². The predicted octanol–water partition coefficient (Wildman–Crippen LogP) is 2.86. The normalized spacial score (nSPS) is 12.5. The first-order valence-electron chi connectivity index (χ1n) is 10.3. The Kier molecular flexibility index (Phi) is 9.48. The van der Waals surface area contributed by atoms with Crippen LogP contribution in [0.15, 0.2) is 53.4 Å². The lowest BCUT2D eigenvalue weighted by molar-refractivity contribution is -0.122. The van der Waals surface area contributed by atoms with Gasteiger partial charge in [-0.2, -0.15) is 4.72 Å². The van der Waals surface area contributed by atoms with Crippen LogP contribution in [-0.4, -0.2) is 47.7 Å². The van der Waals surface area contributed by atoms with Gasteiger partial charge in [0.2, 0.25) is 15.9 Å². The van der Waals surface area contributed by atoms with E-state index in [2.05, 4.69) is 10.0 Å². The Hall–Kier alpha value is -2.42. The SMILES string of the molecule is COCCCNC(=O)C(Cc1ccccc1)NS(=O)(=O)c1cc(C(C)C)ccc1OC. The largest absolute Gasteiger partial charge is 0.495 e. The van der Waals surface area contributed by atoms with Crippen LogP contribution in [0.25, 0.3) is 0 Å². The number of sulfonamides is 1. The molecule has 170 valence electrons. The minimum atomic E-state index is -4.02. The molecule has 0 aliphatic carbocycles. The summed E-state index contributed by atoms with van der Waals surface area (Å²) < 4.78 is 39.4. The molecule has 2 rings (SSSR count). The average molecular weight is 449 g/mol. The number of carbonyl (C=O) groups is 1. The van der Waals surface area contributed by atoms with Crippen molar-refractivity contribution in [1.82, 2.24) is 10.0 Å². The molecule has 2 N–H and O–H groups in total. The van der Waals surface area contributed by atoms with E-state index in [9.17, 15) is 13.2 Å². The van der Waals surface area contributed by atoms with Crippen LogP contribution in [0.2, 0.25) is 0 Å². The van der Waals surface area contributed by atoms with Crippen molar-refractivity contribution in [2.24, 2.45) is 0 Å². The molecular formula is C23H32N2O5S. The molecule has 0 saturated carbocycles. The van der Waals surface area contributed by atoms with Gasteiger partial charge in [-0.25, -0.2) is 8.42 Å². The molecule has 0 radical (unpaired) electrons. The van der Waals surface area contributed by atoms with Crippen LogP contribution in [0, 0.1) is 0 Å². The quantitative estimate of drug-likeness (QED) is 0.487. The summed E-state index contributed by atoms with van der Waals surface area (Å²) in [6.45, 7) is 4.87. The lowest BCUT2D eigenvalue weighted by Gasteiger charge is -2.20. The Bertz CT molecular complexity index is 946. The first-order chi connectivity index (χ1) is 14.8. The molecule has 2 aromatic rings. The van der Waals surface area contributed by atoms with Gasteiger partial charge in [0.05, 0.1) is 7.11 Å². The molecule has 0 fully saturated rings. The number of benzene rings is 2. The summed E-state index contributed by atoms with van der Waals surface area (Å²) >= 11 is 0. The third-order valence-electron chi connectivity index (χ3n) is 4.86. The highest BCUT2D eigenvalue weighted by atomic mass is 32.2. The molecule has 1 amide bonds. The molecule has 0 spiro atoms. The highest BCUT2D eigenvalue weighted by Crippen LogP contribution is 2.28. The second kappa shape index (κ2) is 11.8. The maximum Gasteiger partial charge on any atom is 0.245 e. The van der Waals surface area contributed by atoms with Gasteiger partial charge in [-0.05, 0) is 42.0 Å². The Morgan fingerprint density at radius 3 is 2.39 bits per heavy atom. The van der Waals surface area contributed by atoms with E-state index in [0.717, 1.165) is 11.1 Å². The Morgan fingerprint density at radius 1 is 1.06 bits per heavy atom. The lowest BCUT2D eigenvalue weighted by Crippen LogP contribution is -2.48. The molecule has 8 heteroatoms. The molecule has 1 atom stereocenters. The van der Waals surface area contributed by atoms with Crippen LogP contribution in [-0.2, 0) is 26.0 Å². The number of nitrogens with one attached hydrogen (secondary N) is 2. The third kappa shape index (κ3) is 7.34. The van der Waals surface area contributed by atoms with E-state index in [1.807, 2.05) is 50.2 Å². The summed E-state index contributed by atoms with van der Waals surface area (Å²) in [5, 5.41) is 2.79. The highest BCUT2D eigenvalue weighted by molar-refractivity contribution is 7.89. The molecule has 1 unspecified atom stereocenters. The number of carbonyl (C=O) groups excluding carboxylic acids is 1. The number of methoxy groups -OCH3 is 2. The van der Waals surface area contributed by atoms with Gasteiger partial charge in [0.1, 0.15) is 16.7 Å². The fraction of sp³-hybridized carbons (Fsp3) is 0.435. The Morgan fingerprint density at radius 2 is 1.77 bits per heavy atom. The third-order valence-corrected chi connectivity index (χ3v) is 6.36. The molecule has 0 aliphatic rings. The standard InChI is InChI=1S/C23H32N2O5S/c1-17(2)19-11-12-21(30-4)22(16-19)31(27,28)25-20(15-18-9-6-5-7-10-18)23(26)24-13-8-14-29-3/h5-7,9-12,16-17,20,25H,8,13-15H2,1-4H3,(H,24,26). The zero-order chi connectivity index (χ0) is 22.9. The highest BCUT2D eigenvalue weighted by Gasteiger charge is 2.28. The van der Waals surface area contributed by atoms with Crippen molar-refractivity contribution in [2.75, 3.05) is 27.4 Å². The first kappa shape index (κ1) is 24.8. The maximum absolute atomic E-state index is 13.3. The van der Waals surface area contributed by atoms with Crippen molar-refractivity contribution in [3.05, 3.63) is 59.7 Å². The minimum Gasteiger partial charge on any atom is -0.495 e. The number of amides is 1. The molecule has 0 saturated heterocycles. The van der Waals surface area contributed by atoms with E-state index in [1.165, 1.54) is 7.11 Å². The fourth-order valence-electron chi connectivity index (χ4n) is 3.10. The lowest BCUT2D eigenvalue weighted by atomic mass is 10.0. The van der Waals surface area contributed by atoms with Crippen LogP contribution < -0.4 is 14.8 Å². The summed E-state index contributed by atoms with van der Waals surface area (Å²) in [7, 11) is -1.01. The van der Waals surface area contributed by atoms with Crippen LogP contribution >= 0.6 is 0 Å². The molecule has 0 heterocycles. The first-order valence-corrected chi connectivity index (χ1v) is 11.8. The van der Waals surface area contributed by atoms with Crippen molar-refractivity contribution in [3.63, 3.8) is 0 Å². The molecule has 0 aliphatic heterocycles. The minimum absolute atomic E-state index is 0.0199. The van der Waals surface area contributed by atoms with Gasteiger partial charge in [0.15, 0.2) is 0 Å². The van der Waals surface area contributed by atoms with E-state index in [-0.39, 0.29) is 28.9 Å². The van der Waals surface area contributed by atoms with Crippen LogP contribution in [0.3, 0.4) is 0 Å². The van der Waals surface area contributed by atoms with Crippen molar-refractivity contribution < 1.29 is 22.7 Å².